The first-order valence-electron chi connectivity index (χ1n) is 7.54. The maximum atomic E-state index is 5.30. The summed E-state index contributed by atoms with van der Waals surface area (Å²) >= 11 is 0. The predicted molar refractivity (Wildman–Crippen MR) is 80.8 cm³/mol. The molecule has 0 aliphatic heterocycles. The van der Waals surface area contributed by atoms with Gasteiger partial charge >= 0.3 is 0 Å². The number of hydrogen-bond acceptors (Lipinski definition) is 2. The number of nitrogens with one attached hydrogen (secondary N) is 1. The lowest BCUT2D eigenvalue weighted by Gasteiger charge is -2.39. The largest absolute Gasteiger partial charge is 0.497 e. The molecule has 0 bridgehead atoms. The van der Waals surface area contributed by atoms with E-state index in [1.54, 1.807) is 7.11 Å². The summed E-state index contributed by atoms with van der Waals surface area (Å²) in [6.45, 7) is 6.91. The standard InChI is InChI=1S/C17H27NO/c1-5-12(2)13(3)18-16-9-15(10-16)14-7-6-8-17(11-14)19-4/h6-8,11-13,15-16,18H,5,9-10H2,1-4H3. The topological polar surface area (TPSA) is 21.3 Å². The number of benzene rings is 1. The Hall–Kier alpha value is -1.02. The number of ether oxygens (including phenoxy) is 1. The van der Waals surface area contributed by atoms with Crippen LogP contribution in [0.4, 0.5) is 0 Å². The van der Waals surface area contributed by atoms with Crippen molar-refractivity contribution in [3.05, 3.63) is 29.8 Å². The third-order valence-electron chi connectivity index (χ3n) is 4.70. The van der Waals surface area contributed by atoms with E-state index in [9.17, 15) is 0 Å². The van der Waals surface area contributed by atoms with E-state index in [2.05, 4.69) is 44.3 Å². The van der Waals surface area contributed by atoms with Gasteiger partial charge in [0.15, 0.2) is 0 Å². The fourth-order valence-corrected chi connectivity index (χ4v) is 2.81. The third-order valence-corrected chi connectivity index (χ3v) is 4.70. The van der Waals surface area contributed by atoms with Crippen LogP contribution >= 0.6 is 0 Å². The molecule has 1 saturated carbocycles. The number of hydrogen-bond donors (Lipinski definition) is 1. The van der Waals surface area contributed by atoms with Crippen molar-refractivity contribution in [3.63, 3.8) is 0 Å². The molecule has 2 atom stereocenters. The first-order valence-corrected chi connectivity index (χ1v) is 7.54. The van der Waals surface area contributed by atoms with Gasteiger partial charge in [-0.15, -0.1) is 0 Å². The van der Waals surface area contributed by atoms with E-state index in [1.807, 2.05) is 6.07 Å². The Morgan fingerprint density at radius 1 is 1.32 bits per heavy atom. The quantitative estimate of drug-likeness (QED) is 0.836. The Labute approximate surface area is 117 Å². The maximum absolute atomic E-state index is 5.30. The van der Waals surface area contributed by atoms with E-state index in [0.717, 1.165) is 11.7 Å². The Bertz CT molecular complexity index is 398. The monoisotopic (exact) mass is 261 g/mol. The highest BCUT2D eigenvalue weighted by molar-refractivity contribution is 5.32. The van der Waals surface area contributed by atoms with Crippen molar-refractivity contribution in [2.75, 3.05) is 7.11 Å². The smallest absolute Gasteiger partial charge is 0.119 e. The van der Waals surface area contributed by atoms with Gasteiger partial charge < -0.3 is 10.1 Å². The Balaban J connectivity index is 1.82. The number of rotatable bonds is 6. The van der Waals surface area contributed by atoms with Gasteiger partial charge in [-0.05, 0) is 49.3 Å². The SMILES string of the molecule is CCC(C)C(C)NC1CC(c2cccc(OC)c2)C1. The average molecular weight is 261 g/mol. The molecule has 1 fully saturated rings. The molecule has 1 aromatic carbocycles. The molecule has 1 aliphatic carbocycles. The van der Waals surface area contributed by atoms with Crippen molar-refractivity contribution in [1.29, 1.82) is 0 Å². The molecule has 0 amide bonds. The van der Waals surface area contributed by atoms with Gasteiger partial charge in [0.1, 0.15) is 5.75 Å². The molecule has 0 spiro atoms. The fraction of sp³-hybridized carbons (Fsp3) is 0.647. The van der Waals surface area contributed by atoms with Crippen LogP contribution in [0.1, 0.15) is 51.5 Å². The van der Waals surface area contributed by atoms with Crippen LogP contribution in [0.25, 0.3) is 0 Å². The van der Waals surface area contributed by atoms with Gasteiger partial charge in [-0.2, -0.15) is 0 Å². The van der Waals surface area contributed by atoms with E-state index in [-0.39, 0.29) is 0 Å². The highest BCUT2D eigenvalue weighted by atomic mass is 16.5. The summed E-state index contributed by atoms with van der Waals surface area (Å²) < 4.78 is 5.30. The van der Waals surface area contributed by atoms with Crippen molar-refractivity contribution < 1.29 is 4.74 Å². The van der Waals surface area contributed by atoms with Gasteiger partial charge in [-0.1, -0.05) is 32.4 Å². The second-order valence-corrected chi connectivity index (χ2v) is 5.98. The normalized spacial score (nSPS) is 25.5. The van der Waals surface area contributed by atoms with Gasteiger partial charge in [0.25, 0.3) is 0 Å². The van der Waals surface area contributed by atoms with Crippen molar-refractivity contribution in [2.24, 2.45) is 5.92 Å². The van der Waals surface area contributed by atoms with E-state index in [1.165, 1.54) is 24.8 Å². The zero-order valence-corrected chi connectivity index (χ0v) is 12.6. The maximum Gasteiger partial charge on any atom is 0.119 e. The highest BCUT2D eigenvalue weighted by Gasteiger charge is 2.31. The average Bonchev–Trinajstić information content (AvgIpc) is 2.41. The molecule has 106 valence electrons. The molecular weight excluding hydrogens is 234 g/mol. The first-order chi connectivity index (χ1) is 9.13. The summed E-state index contributed by atoms with van der Waals surface area (Å²) in [5.74, 6) is 2.44. The van der Waals surface area contributed by atoms with Crippen molar-refractivity contribution in [3.8, 4) is 5.75 Å². The zero-order valence-electron chi connectivity index (χ0n) is 12.6. The van der Waals surface area contributed by atoms with E-state index >= 15 is 0 Å². The van der Waals surface area contributed by atoms with Gasteiger partial charge in [0, 0.05) is 12.1 Å². The van der Waals surface area contributed by atoms with Crippen LogP contribution in [0.3, 0.4) is 0 Å². The Kier molecular flexibility index (Phi) is 4.87. The van der Waals surface area contributed by atoms with E-state index < -0.39 is 0 Å². The predicted octanol–water partition coefficient (Wildman–Crippen LogP) is 3.97. The van der Waals surface area contributed by atoms with Crippen LogP contribution in [-0.4, -0.2) is 19.2 Å². The van der Waals surface area contributed by atoms with Crippen LogP contribution in [0.2, 0.25) is 0 Å². The summed E-state index contributed by atoms with van der Waals surface area (Å²) in [5.41, 5.74) is 1.42. The summed E-state index contributed by atoms with van der Waals surface area (Å²) in [6.07, 6.45) is 3.77. The Morgan fingerprint density at radius 3 is 2.68 bits per heavy atom. The molecule has 2 nitrogen and oxygen atoms in total. The summed E-state index contributed by atoms with van der Waals surface area (Å²) in [5, 5.41) is 3.76. The van der Waals surface area contributed by atoms with Crippen molar-refractivity contribution >= 4 is 0 Å². The molecule has 2 unspecified atom stereocenters. The molecule has 2 heteroatoms. The molecule has 0 heterocycles. The fourth-order valence-electron chi connectivity index (χ4n) is 2.81. The molecule has 0 aromatic heterocycles. The molecule has 0 saturated heterocycles. The van der Waals surface area contributed by atoms with Crippen LogP contribution in [-0.2, 0) is 0 Å². The molecule has 1 N–H and O–H groups in total. The van der Waals surface area contributed by atoms with Gasteiger partial charge in [0.2, 0.25) is 0 Å². The molecule has 19 heavy (non-hydrogen) atoms. The molecule has 0 radical (unpaired) electrons. The lowest BCUT2D eigenvalue weighted by molar-refractivity contribution is 0.241. The van der Waals surface area contributed by atoms with Crippen LogP contribution < -0.4 is 10.1 Å². The third kappa shape index (κ3) is 3.50. The number of methoxy groups -OCH3 is 1. The lowest BCUT2D eigenvalue weighted by Crippen LogP contribution is -2.46. The summed E-state index contributed by atoms with van der Waals surface area (Å²) in [4.78, 5) is 0. The van der Waals surface area contributed by atoms with Gasteiger partial charge in [0.05, 0.1) is 7.11 Å². The molecule has 1 aromatic rings. The molecular formula is C17H27NO. The van der Waals surface area contributed by atoms with Crippen molar-refractivity contribution in [2.45, 2.75) is 58.0 Å². The second-order valence-electron chi connectivity index (χ2n) is 5.98. The second kappa shape index (κ2) is 6.42. The van der Waals surface area contributed by atoms with E-state index in [4.69, 9.17) is 4.74 Å². The van der Waals surface area contributed by atoms with Crippen LogP contribution in [0, 0.1) is 5.92 Å². The summed E-state index contributed by atoms with van der Waals surface area (Å²) in [6, 6.07) is 9.83. The minimum Gasteiger partial charge on any atom is -0.497 e. The Morgan fingerprint density at radius 2 is 2.05 bits per heavy atom. The molecule has 1 aliphatic rings. The van der Waals surface area contributed by atoms with E-state index in [0.29, 0.717) is 18.0 Å². The van der Waals surface area contributed by atoms with Crippen molar-refractivity contribution in [1.82, 2.24) is 5.32 Å². The van der Waals surface area contributed by atoms with Crippen LogP contribution in [0.5, 0.6) is 5.75 Å². The van der Waals surface area contributed by atoms with Crippen LogP contribution in [0.15, 0.2) is 24.3 Å². The summed E-state index contributed by atoms with van der Waals surface area (Å²) in [7, 11) is 1.73. The highest BCUT2D eigenvalue weighted by Crippen LogP contribution is 2.38. The zero-order chi connectivity index (χ0) is 13.8. The first kappa shape index (κ1) is 14.4. The molecule has 2 rings (SSSR count). The van der Waals surface area contributed by atoms with Gasteiger partial charge in [-0.3, -0.25) is 0 Å². The minimum atomic E-state index is 0.626. The van der Waals surface area contributed by atoms with Gasteiger partial charge in [-0.25, -0.2) is 0 Å². The lowest BCUT2D eigenvalue weighted by atomic mass is 9.75. The minimum absolute atomic E-state index is 0.626.